The largest absolute Gasteiger partial charge is 0.422 e. The van der Waals surface area contributed by atoms with Gasteiger partial charge in [-0.25, -0.2) is 19.8 Å². The van der Waals surface area contributed by atoms with Gasteiger partial charge >= 0.3 is 5.63 Å². The van der Waals surface area contributed by atoms with Crippen molar-refractivity contribution in [3.8, 4) is 0 Å². The summed E-state index contributed by atoms with van der Waals surface area (Å²) in [6.07, 6.45) is 0.526. The van der Waals surface area contributed by atoms with Gasteiger partial charge in [0.25, 0.3) is 0 Å². The molecule has 0 bridgehead atoms. The molecule has 3 aromatic rings. The average Bonchev–Trinajstić information content (AvgIpc) is 2.84. The molecule has 3 N–H and O–H groups in total. The topological polar surface area (TPSA) is 105 Å². The van der Waals surface area contributed by atoms with Crippen molar-refractivity contribution in [1.82, 2.24) is 0 Å². The Morgan fingerprint density at radius 3 is 2.67 bits per heavy atom. The Balaban J connectivity index is 1.65. The zero-order valence-corrected chi connectivity index (χ0v) is 14.7. The Labute approximate surface area is 158 Å². The minimum Gasteiger partial charge on any atom is -0.422 e. The van der Waals surface area contributed by atoms with Crippen LogP contribution in [-0.2, 0) is 0 Å². The summed E-state index contributed by atoms with van der Waals surface area (Å²) in [5.41, 5.74) is 7.26. The van der Waals surface area contributed by atoms with Crippen LogP contribution in [0.25, 0.3) is 11.0 Å². The van der Waals surface area contributed by atoms with E-state index < -0.39 is 11.9 Å². The highest BCUT2D eigenvalue weighted by atomic mass is 35.5. The van der Waals surface area contributed by atoms with Gasteiger partial charge < -0.3 is 9.73 Å². The molecule has 1 aliphatic rings. The van der Waals surface area contributed by atoms with E-state index in [4.69, 9.17) is 21.8 Å². The number of nitrogens with one attached hydrogen (secondary N) is 1. The SMILES string of the molecule is NC1N=C(Nc2ccc(Cl)cc2)N=CC(c2cc3ccccc3oc2=O)=N1. The maximum absolute atomic E-state index is 12.3. The van der Waals surface area contributed by atoms with Crippen molar-refractivity contribution in [3.63, 3.8) is 0 Å². The van der Waals surface area contributed by atoms with Gasteiger partial charge in [-0.2, -0.15) is 0 Å². The van der Waals surface area contributed by atoms with Gasteiger partial charge in [0.1, 0.15) is 5.58 Å². The van der Waals surface area contributed by atoms with Crippen LogP contribution in [0.3, 0.4) is 0 Å². The van der Waals surface area contributed by atoms with E-state index in [9.17, 15) is 4.79 Å². The van der Waals surface area contributed by atoms with Crippen LogP contribution >= 0.6 is 11.6 Å². The maximum atomic E-state index is 12.3. The fourth-order valence-electron chi connectivity index (χ4n) is 2.59. The van der Waals surface area contributed by atoms with Crippen molar-refractivity contribution in [2.24, 2.45) is 20.7 Å². The summed E-state index contributed by atoms with van der Waals surface area (Å²) in [5, 5.41) is 4.43. The van der Waals surface area contributed by atoms with Crippen molar-refractivity contribution in [2.45, 2.75) is 6.29 Å². The van der Waals surface area contributed by atoms with E-state index in [1.54, 1.807) is 42.5 Å². The van der Waals surface area contributed by atoms with Gasteiger partial charge in [-0.05, 0) is 36.4 Å². The van der Waals surface area contributed by atoms with Crippen LogP contribution in [-0.4, -0.2) is 24.2 Å². The van der Waals surface area contributed by atoms with Crippen LogP contribution in [0.15, 0.2) is 78.8 Å². The minimum atomic E-state index is -0.914. The van der Waals surface area contributed by atoms with Crippen LogP contribution in [0.5, 0.6) is 0 Å². The Kier molecular flexibility index (Phi) is 4.53. The zero-order valence-electron chi connectivity index (χ0n) is 14.0. The summed E-state index contributed by atoms with van der Waals surface area (Å²) in [5.74, 6) is 0.272. The molecule has 1 aromatic heterocycles. The lowest BCUT2D eigenvalue weighted by Crippen LogP contribution is -2.21. The molecule has 0 aliphatic carbocycles. The number of nitrogens with two attached hydrogens (primary N) is 1. The summed E-state index contributed by atoms with van der Waals surface area (Å²) in [4.78, 5) is 25.1. The van der Waals surface area contributed by atoms with Gasteiger partial charge in [-0.15, -0.1) is 0 Å². The Morgan fingerprint density at radius 1 is 1.07 bits per heavy atom. The number of halogens is 1. The van der Waals surface area contributed by atoms with Crippen molar-refractivity contribution < 1.29 is 4.42 Å². The van der Waals surface area contributed by atoms with Crippen LogP contribution in [0.1, 0.15) is 5.56 Å². The van der Waals surface area contributed by atoms with Gasteiger partial charge in [0.15, 0.2) is 6.29 Å². The van der Waals surface area contributed by atoms with Crippen molar-refractivity contribution in [3.05, 3.63) is 75.6 Å². The normalized spacial score (nSPS) is 16.6. The fraction of sp³-hybridized carbons (Fsp3) is 0.0526. The summed E-state index contributed by atoms with van der Waals surface area (Å²) < 4.78 is 5.35. The number of rotatable bonds is 2. The number of guanidine groups is 1. The fourth-order valence-corrected chi connectivity index (χ4v) is 2.72. The first-order valence-electron chi connectivity index (χ1n) is 8.09. The van der Waals surface area contributed by atoms with Crippen LogP contribution < -0.4 is 16.7 Å². The number of hydrogen-bond acceptors (Lipinski definition) is 7. The molecule has 0 radical (unpaired) electrons. The lowest BCUT2D eigenvalue weighted by molar-refractivity contribution is 0.559. The average molecular weight is 380 g/mol. The molecular weight excluding hydrogens is 366 g/mol. The van der Waals surface area contributed by atoms with Crippen molar-refractivity contribution in [2.75, 3.05) is 5.32 Å². The number of aliphatic imine (C=N–C) groups is 3. The Bertz CT molecular complexity index is 1150. The van der Waals surface area contributed by atoms with Gasteiger partial charge in [0, 0.05) is 16.1 Å². The lowest BCUT2D eigenvalue weighted by Gasteiger charge is -2.06. The third kappa shape index (κ3) is 3.79. The minimum absolute atomic E-state index is 0.272. The molecule has 4 rings (SSSR count). The Morgan fingerprint density at radius 2 is 1.85 bits per heavy atom. The van der Waals surface area contributed by atoms with E-state index in [-0.39, 0.29) is 11.5 Å². The van der Waals surface area contributed by atoms with Crippen LogP contribution in [0.2, 0.25) is 5.02 Å². The first-order valence-corrected chi connectivity index (χ1v) is 8.47. The maximum Gasteiger partial charge on any atom is 0.345 e. The first-order chi connectivity index (χ1) is 13.1. The monoisotopic (exact) mass is 379 g/mol. The molecule has 134 valence electrons. The molecular formula is C19H14ClN5O2. The van der Waals surface area contributed by atoms with Gasteiger partial charge in [0.05, 0.1) is 17.5 Å². The number of para-hydroxylation sites is 1. The Hall–Kier alpha value is -3.29. The second kappa shape index (κ2) is 7.14. The van der Waals surface area contributed by atoms with E-state index in [2.05, 4.69) is 20.3 Å². The molecule has 0 fully saturated rings. The lowest BCUT2D eigenvalue weighted by atomic mass is 10.1. The number of hydrogen-bond donors (Lipinski definition) is 2. The van der Waals surface area contributed by atoms with Gasteiger partial charge in [-0.1, -0.05) is 29.8 Å². The molecule has 7 nitrogen and oxygen atoms in total. The summed E-state index contributed by atoms with van der Waals surface area (Å²) in [7, 11) is 0. The van der Waals surface area contributed by atoms with E-state index in [0.717, 1.165) is 11.1 Å². The molecule has 2 aromatic carbocycles. The summed E-state index contributed by atoms with van der Waals surface area (Å²) >= 11 is 5.88. The highest BCUT2D eigenvalue weighted by Gasteiger charge is 2.15. The van der Waals surface area contributed by atoms with Crippen molar-refractivity contribution in [1.29, 1.82) is 0 Å². The van der Waals surface area contributed by atoms with E-state index in [1.807, 2.05) is 12.1 Å². The molecule has 0 spiro atoms. The molecule has 2 heterocycles. The first kappa shape index (κ1) is 17.1. The predicted octanol–water partition coefficient (Wildman–Crippen LogP) is 3.03. The van der Waals surface area contributed by atoms with Crippen LogP contribution in [0.4, 0.5) is 5.69 Å². The van der Waals surface area contributed by atoms with E-state index in [1.165, 1.54) is 6.21 Å². The molecule has 1 aliphatic heterocycles. The smallest absolute Gasteiger partial charge is 0.345 e. The quantitative estimate of drug-likeness (QED) is 0.667. The molecule has 8 heteroatoms. The second-order valence-electron chi connectivity index (χ2n) is 5.76. The number of fused-ring (bicyclic) bond motifs is 1. The van der Waals surface area contributed by atoms with Gasteiger partial charge in [-0.3, -0.25) is 5.73 Å². The third-order valence-corrected chi connectivity index (χ3v) is 4.10. The number of nitrogens with zero attached hydrogens (tertiary/aromatic N) is 3. The van der Waals surface area contributed by atoms with Crippen molar-refractivity contribution >= 4 is 46.1 Å². The molecule has 27 heavy (non-hydrogen) atoms. The van der Waals surface area contributed by atoms with Crippen LogP contribution in [0, 0.1) is 0 Å². The highest BCUT2D eigenvalue weighted by Crippen LogP contribution is 2.15. The van der Waals surface area contributed by atoms with E-state index >= 15 is 0 Å². The molecule has 0 amide bonds. The standard InChI is InChI=1S/C19H14ClN5O2/c20-12-5-7-13(8-6-12)23-19-22-10-15(24-18(21)25-19)14-9-11-3-1-2-4-16(11)27-17(14)26/h1-10,18H,21H2,(H,23,25). The highest BCUT2D eigenvalue weighted by molar-refractivity contribution is 6.40. The molecule has 1 unspecified atom stereocenters. The second-order valence-corrected chi connectivity index (χ2v) is 6.19. The number of benzene rings is 2. The zero-order chi connectivity index (χ0) is 18.8. The molecule has 0 saturated carbocycles. The molecule has 1 atom stereocenters. The predicted molar refractivity (Wildman–Crippen MR) is 108 cm³/mol. The third-order valence-electron chi connectivity index (χ3n) is 3.85. The summed E-state index contributed by atoms with van der Waals surface area (Å²) in [6.45, 7) is 0. The number of anilines is 1. The summed E-state index contributed by atoms with van der Waals surface area (Å²) in [6, 6.07) is 16.0. The van der Waals surface area contributed by atoms with Gasteiger partial charge in [0.2, 0.25) is 5.96 Å². The molecule has 0 saturated heterocycles. The van der Waals surface area contributed by atoms with E-state index in [0.29, 0.717) is 16.3 Å².